The topological polar surface area (TPSA) is 117 Å². The molecule has 4 saturated carbocycles. The number of aliphatic hydroxyl groups excluding tert-OH is 2. The first-order valence-electron chi connectivity index (χ1n) is 15.2. The normalized spacial score (nSPS) is 48.6. The molecule has 7 nitrogen and oxygen atoms in total. The summed E-state index contributed by atoms with van der Waals surface area (Å²) < 4.78 is 12.2. The van der Waals surface area contributed by atoms with E-state index in [2.05, 4.69) is 41.5 Å². The highest BCUT2D eigenvalue weighted by Crippen LogP contribution is 2.84. The van der Waals surface area contributed by atoms with Gasteiger partial charge in [0.05, 0.1) is 17.8 Å². The highest BCUT2D eigenvalue weighted by atomic mass is 16.6. The van der Waals surface area contributed by atoms with Crippen LogP contribution in [-0.2, 0) is 19.1 Å². The Bertz CT molecular complexity index is 1050. The third kappa shape index (κ3) is 3.61. The Morgan fingerprint density at radius 2 is 1.77 bits per heavy atom. The maximum atomic E-state index is 13.0. The summed E-state index contributed by atoms with van der Waals surface area (Å²) in [5.74, 6) is 0.122. The van der Waals surface area contributed by atoms with E-state index in [-0.39, 0.29) is 39.4 Å². The minimum absolute atomic E-state index is 0.0553. The van der Waals surface area contributed by atoms with Crippen molar-refractivity contribution in [3.8, 4) is 0 Å². The highest BCUT2D eigenvalue weighted by Gasteiger charge is 2.88. The lowest BCUT2D eigenvalue weighted by Gasteiger charge is -2.69. The Labute approximate surface area is 234 Å². The first kappa shape index (κ1) is 29.5. The second-order valence-corrected chi connectivity index (χ2v) is 15.9. The summed E-state index contributed by atoms with van der Waals surface area (Å²) in [6, 6.07) is 0. The summed E-state index contributed by atoms with van der Waals surface area (Å²) in [6.45, 7) is 17.8. The molecule has 0 bridgehead atoms. The van der Waals surface area contributed by atoms with Crippen molar-refractivity contribution in [2.45, 2.75) is 149 Å². The molecule has 0 amide bonds. The lowest BCUT2D eigenvalue weighted by molar-refractivity contribution is -0.242. The van der Waals surface area contributed by atoms with Gasteiger partial charge in [-0.2, -0.15) is 0 Å². The maximum absolute atomic E-state index is 13.0. The summed E-state index contributed by atoms with van der Waals surface area (Å²) in [4.78, 5) is 24.7. The van der Waals surface area contributed by atoms with Gasteiger partial charge in [0.2, 0.25) is 0 Å². The predicted molar refractivity (Wildman–Crippen MR) is 147 cm³/mol. The number of rotatable bonds is 6. The lowest BCUT2D eigenvalue weighted by atomic mass is 9.35. The summed E-state index contributed by atoms with van der Waals surface area (Å²) in [6.07, 6.45) is 3.51. The molecule has 7 heteroatoms. The number of ketones is 1. The average Bonchev–Trinajstić information content (AvgIpc) is 3.38. The fraction of sp³-hybridized carbons (Fsp3) is 0.938. The number of esters is 1. The summed E-state index contributed by atoms with van der Waals surface area (Å²) in [5.41, 5.74) is -3.09. The van der Waals surface area contributed by atoms with Crippen LogP contribution in [0.25, 0.3) is 0 Å². The van der Waals surface area contributed by atoms with Crippen LogP contribution in [0, 0.1) is 39.4 Å². The number of fused-ring (bicyclic) bond motifs is 4. The van der Waals surface area contributed by atoms with E-state index < -0.39 is 41.1 Å². The summed E-state index contributed by atoms with van der Waals surface area (Å²) in [5, 5.41) is 33.8. The largest absolute Gasteiger partial charge is 0.457 e. The van der Waals surface area contributed by atoms with Gasteiger partial charge in [0, 0.05) is 30.6 Å². The smallest absolute Gasteiger partial charge is 0.303 e. The van der Waals surface area contributed by atoms with E-state index in [1.807, 2.05) is 0 Å². The number of carbonyl (C=O) groups excluding carboxylic acids is 2. The van der Waals surface area contributed by atoms with Gasteiger partial charge in [-0.15, -0.1) is 0 Å². The van der Waals surface area contributed by atoms with Crippen LogP contribution in [0.4, 0.5) is 0 Å². The Kier molecular flexibility index (Phi) is 6.43. The third-order valence-electron chi connectivity index (χ3n) is 13.4. The van der Waals surface area contributed by atoms with Crippen LogP contribution < -0.4 is 0 Å². The van der Waals surface area contributed by atoms with Gasteiger partial charge in [0.1, 0.15) is 17.0 Å². The SMILES string of the molecule is CC(=O)O[C@@H]([C@@H](O)C[C@@H](C)[C@]12CC[C@@]3(C)[C@@]1(C[C@H](O)[C@H]1[C@@]4(C)CCC(=O)C(C)(C)C4CC[C@@]13C)O2)C(C)(C)O. The van der Waals surface area contributed by atoms with Gasteiger partial charge in [0.25, 0.3) is 0 Å². The molecule has 1 unspecified atom stereocenters. The van der Waals surface area contributed by atoms with Crippen molar-refractivity contribution in [3.63, 3.8) is 0 Å². The Hall–Kier alpha value is -1.02. The van der Waals surface area contributed by atoms with Crippen molar-refractivity contribution in [1.29, 1.82) is 0 Å². The third-order valence-corrected chi connectivity index (χ3v) is 13.4. The first-order valence-corrected chi connectivity index (χ1v) is 15.2. The quantitative estimate of drug-likeness (QED) is 0.329. The summed E-state index contributed by atoms with van der Waals surface area (Å²) >= 11 is 0. The molecule has 0 aromatic rings. The highest BCUT2D eigenvalue weighted by molar-refractivity contribution is 5.85. The van der Waals surface area contributed by atoms with Crippen LogP contribution in [0.5, 0.6) is 0 Å². The Balaban J connectivity index is 1.44. The minimum Gasteiger partial charge on any atom is -0.457 e. The molecule has 0 radical (unpaired) electrons. The number of carbonyl (C=O) groups is 2. The maximum Gasteiger partial charge on any atom is 0.303 e. The Morgan fingerprint density at radius 1 is 1.13 bits per heavy atom. The zero-order valence-electron chi connectivity index (χ0n) is 25.6. The molecule has 5 fully saturated rings. The van der Waals surface area contributed by atoms with Crippen molar-refractivity contribution >= 4 is 11.8 Å². The number of hydrogen-bond acceptors (Lipinski definition) is 7. The van der Waals surface area contributed by atoms with E-state index in [1.54, 1.807) is 13.8 Å². The molecular weight excluding hydrogens is 496 g/mol. The fourth-order valence-electron chi connectivity index (χ4n) is 11.4. The van der Waals surface area contributed by atoms with Gasteiger partial charge in [-0.05, 0) is 81.0 Å². The van der Waals surface area contributed by atoms with Crippen LogP contribution in [0.2, 0.25) is 0 Å². The average molecular weight is 549 g/mol. The second kappa shape index (κ2) is 8.52. The van der Waals surface area contributed by atoms with Gasteiger partial charge >= 0.3 is 5.97 Å². The monoisotopic (exact) mass is 548 g/mol. The molecular formula is C32H52O7. The zero-order valence-corrected chi connectivity index (χ0v) is 25.6. The first-order chi connectivity index (χ1) is 17.7. The molecule has 1 saturated heterocycles. The van der Waals surface area contributed by atoms with Gasteiger partial charge < -0.3 is 24.8 Å². The number of hydrogen-bond donors (Lipinski definition) is 3. The van der Waals surface area contributed by atoms with Crippen LogP contribution >= 0.6 is 0 Å². The van der Waals surface area contributed by atoms with E-state index in [0.717, 1.165) is 32.1 Å². The van der Waals surface area contributed by atoms with E-state index in [9.17, 15) is 24.9 Å². The number of ether oxygens (including phenoxy) is 2. The minimum atomic E-state index is -1.39. The van der Waals surface area contributed by atoms with E-state index in [1.165, 1.54) is 6.92 Å². The van der Waals surface area contributed by atoms with Crippen LogP contribution in [-0.4, -0.2) is 62.2 Å². The van der Waals surface area contributed by atoms with Gasteiger partial charge in [-0.3, -0.25) is 9.59 Å². The molecule has 0 aromatic heterocycles. The second-order valence-electron chi connectivity index (χ2n) is 15.9. The molecule has 11 atom stereocenters. The molecule has 39 heavy (non-hydrogen) atoms. The Morgan fingerprint density at radius 3 is 2.36 bits per heavy atom. The molecule has 5 rings (SSSR count). The molecule has 5 aliphatic rings. The van der Waals surface area contributed by atoms with Crippen molar-refractivity contribution in [3.05, 3.63) is 0 Å². The van der Waals surface area contributed by atoms with Crippen LogP contribution in [0.15, 0.2) is 0 Å². The van der Waals surface area contributed by atoms with Crippen molar-refractivity contribution in [2.24, 2.45) is 39.4 Å². The fourth-order valence-corrected chi connectivity index (χ4v) is 11.4. The van der Waals surface area contributed by atoms with E-state index in [4.69, 9.17) is 9.47 Å². The lowest BCUT2D eigenvalue weighted by Crippen LogP contribution is -2.69. The predicted octanol–water partition coefficient (Wildman–Crippen LogP) is 4.58. The van der Waals surface area contributed by atoms with Gasteiger partial charge in [-0.1, -0.05) is 41.5 Å². The molecule has 222 valence electrons. The molecule has 0 aromatic carbocycles. The number of Topliss-reactive ketones (excluding diaryl/α,β-unsaturated/α-hetero) is 1. The van der Waals surface area contributed by atoms with E-state index >= 15 is 0 Å². The molecule has 1 aliphatic heterocycles. The molecule has 1 heterocycles. The van der Waals surface area contributed by atoms with Crippen molar-refractivity contribution in [1.82, 2.24) is 0 Å². The van der Waals surface area contributed by atoms with Gasteiger partial charge in [0.15, 0.2) is 6.10 Å². The zero-order chi connectivity index (χ0) is 29.2. The van der Waals surface area contributed by atoms with Gasteiger partial charge in [-0.25, -0.2) is 0 Å². The molecule has 4 aliphatic carbocycles. The molecule has 1 spiro atoms. The van der Waals surface area contributed by atoms with Crippen LogP contribution in [0.1, 0.15) is 114 Å². The van der Waals surface area contributed by atoms with E-state index in [0.29, 0.717) is 25.0 Å². The standard InChI is InChI=1S/C32H52O7/c1-18(16-20(34)25(27(5,6)37)38-19(2)33)31-15-14-30(9)29(8)13-10-22-26(3,4)23(36)11-12-28(22,7)24(29)21(35)17-32(30,31)39-31/h18,20-22,24-25,34-35,37H,10-17H2,1-9H3/t18-,20+,21+,22?,24+,25+,28+,29+,30-,31-,32-/m1/s1. The van der Waals surface area contributed by atoms with Crippen LogP contribution in [0.3, 0.4) is 0 Å². The number of epoxide rings is 1. The number of aliphatic hydroxyl groups is 3. The molecule has 3 N–H and O–H groups in total. The van der Waals surface area contributed by atoms with Crippen molar-refractivity contribution < 1.29 is 34.4 Å². The summed E-state index contributed by atoms with van der Waals surface area (Å²) in [7, 11) is 0. The van der Waals surface area contributed by atoms with Crippen molar-refractivity contribution in [2.75, 3.05) is 0 Å².